The fraction of sp³-hybridized carbons (Fsp3) is 0.391. The van der Waals surface area contributed by atoms with Crippen molar-refractivity contribution in [3.8, 4) is 0 Å². The molecule has 2 aromatic rings. The lowest BCUT2D eigenvalue weighted by atomic mass is 9.89. The van der Waals surface area contributed by atoms with E-state index in [-0.39, 0.29) is 18.0 Å². The molecule has 2 atom stereocenters. The summed E-state index contributed by atoms with van der Waals surface area (Å²) < 4.78 is 33.7. The van der Waals surface area contributed by atoms with Crippen LogP contribution >= 0.6 is 0 Å². The maximum Gasteiger partial charge on any atom is 0.257 e. The number of rotatable bonds is 2. The molecular formula is C23H22F2N2O3. The van der Waals surface area contributed by atoms with Crippen LogP contribution in [0.4, 0.5) is 8.78 Å². The summed E-state index contributed by atoms with van der Waals surface area (Å²) in [6, 6.07) is 12.1. The molecule has 3 fully saturated rings. The van der Waals surface area contributed by atoms with Crippen molar-refractivity contribution >= 4 is 11.8 Å². The largest absolute Gasteiger partial charge is 0.342 e. The van der Waals surface area contributed by atoms with Crippen molar-refractivity contribution in [2.45, 2.75) is 43.6 Å². The van der Waals surface area contributed by atoms with Crippen molar-refractivity contribution in [2.24, 2.45) is 0 Å². The van der Waals surface area contributed by atoms with Gasteiger partial charge in [0.2, 0.25) is 0 Å². The van der Waals surface area contributed by atoms with Crippen LogP contribution < -0.4 is 0 Å². The van der Waals surface area contributed by atoms with Gasteiger partial charge in [-0.25, -0.2) is 8.78 Å². The Morgan fingerprint density at radius 1 is 1.00 bits per heavy atom. The SMILES string of the molecule is O=C(c1ccccc1)N1CCC2(CC1)OC1CCC(c3cc(F)cc(F)c3)N1C2=O. The van der Waals surface area contributed by atoms with Crippen molar-refractivity contribution < 1.29 is 23.1 Å². The number of nitrogens with zero attached hydrogens (tertiary/aromatic N) is 2. The molecule has 0 bridgehead atoms. The van der Waals surface area contributed by atoms with Crippen LogP contribution in [0.5, 0.6) is 0 Å². The quantitative estimate of drug-likeness (QED) is 0.757. The molecule has 156 valence electrons. The Labute approximate surface area is 173 Å². The highest BCUT2D eigenvalue weighted by molar-refractivity contribution is 5.95. The van der Waals surface area contributed by atoms with Crippen LogP contribution in [0.2, 0.25) is 0 Å². The molecule has 3 heterocycles. The zero-order chi connectivity index (χ0) is 20.9. The molecule has 3 aliphatic heterocycles. The number of halogens is 2. The first kappa shape index (κ1) is 19.2. The summed E-state index contributed by atoms with van der Waals surface area (Å²) in [6.45, 7) is 0.860. The van der Waals surface area contributed by atoms with Crippen LogP contribution in [0.15, 0.2) is 48.5 Å². The molecule has 2 amide bonds. The average molecular weight is 412 g/mol. The highest BCUT2D eigenvalue weighted by Gasteiger charge is 2.58. The lowest BCUT2D eigenvalue weighted by Crippen LogP contribution is -2.51. The van der Waals surface area contributed by atoms with Crippen molar-refractivity contribution in [3.63, 3.8) is 0 Å². The molecule has 0 aromatic heterocycles. The number of piperidine rings is 1. The summed E-state index contributed by atoms with van der Waals surface area (Å²) in [6.07, 6.45) is 1.69. The Morgan fingerprint density at radius 3 is 2.33 bits per heavy atom. The molecule has 5 rings (SSSR count). The number of carbonyl (C=O) groups excluding carboxylic acids is 2. The monoisotopic (exact) mass is 412 g/mol. The van der Waals surface area contributed by atoms with E-state index >= 15 is 0 Å². The zero-order valence-corrected chi connectivity index (χ0v) is 16.4. The van der Waals surface area contributed by atoms with Gasteiger partial charge in [-0.1, -0.05) is 18.2 Å². The second-order valence-electron chi connectivity index (χ2n) is 8.23. The summed E-state index contributed by atoms with van der Waals surface area (Å²) >= 11 is 0. The van der Waals surface area contributed by atoms with Gasteiger partial charge in [-0.3, -0.25) is 9.59 Å². The van der Waals surface area contributed by atoms with Crippen LogP contribution in [-0.2, 0) is 9.53 Å². The van der Waals surface area contributed by atoms with E-state index in [4.69, 9.17) is 4.74 Å². The molecule has 2 aromatic carbocycles. The van der Waals surface area contributed by atoms with Crippen molar-refractivity contribution in [3.05, 3.63) is 71.3 Å². The molecule has 0 N–H and O–H groups in total. The molecule has 7 heteroatoms. The number of ether oxygens (including phenoxy) is 1. The van der Waals surface area contributed by atoms with E-state index < -0.39 is 23.3 Å². The highest BCUT2D eigenvalue weighted by Crippen LogP contribution is 2.47. The Bertz CT molecular complexity index is 969. The molecule has 3 saturated heterocycles. The Balaban J connectivity index is 1.32. The Hall–Kier alpha value is -2.80. The minimum absolute atomic E-state index is 0.0514. The number of likely N-dealkylation sites (tertiary alicyclic amines) is 1. The molecule has 1 spiro atoms. The maximum absolute atomic E-state index is 13.7. The molecule has 2 unspecified atom stereocenters. The van der Waals surface area contributed by atoms with Gasteiger partial charge in [0.15, 0.2) is 5.60 Å². The summed E-state index contributed by atoms with van der Waals surface area (Å²) in [5, 5.41) is 0. The number of hydrogen-bond donors (Lipinski definition) is 0. The van der Waals surface area contributed by atoms with E-state index in [0.29, 0.717) is 49.9 Å². The molecule has 30 heavy (non-hydrogen) atoms. The van der Waals surface area contributed by atoms with Crippen LogP contribution in [0, 0.1) is 11.6 Å². The molecular weight excluding hydrogens is 390 g/mol. The van der Waals surface area contributed by atoms with Crippen LogP contribution in [0.1, 0.15) is 47.6 Å². The third kappa shape index (κ3) is 3.08. The van der Waals surface area contributed by atoms with E-state index in [9.17, 15) is 18.4 Å². The van der Waals surface area contributed by atoms with Crippen LogP contribution in [-0.4, -0.2) is 46.5 Å². The number of amides is 2. The van der Waals surface area contributed by atoms with Gasteiger partial charge in [-0.2, -0.15) is 0 Å². The van der Waals surface area contributed by atoms with E-state index in [2.05, 4.69) is 0 Å². The molecule has 5 nitrogen and oxygen atoms in total. The molecule has 0 saturated carbocycles. The summed E-state index contributed by atoms with van der Waals surface area (Å²) in [4.78, 5) is 29.5. The van der Waals surface area contributed by atoms with E-state index in [1.165, 1.54) is 12.1 Å². The number of fused-ring (bicyclic) bond motifs is 1. The normalized spacial score (nSPS) is 25.1. The van der Waals surface area contributed by atoms with Crippen molar-refractivity contribution in [2.75, 3.05) is 13.1 Å². The average Bonchev–Trinajstić information content (AvgIpc) is 3.26. The highest BCUT2D eigenvalue weighted by atomic mass is 19.1. The third-order valence-corrected chi connectivity index (χ3v) is 6.47. The Kier molecular flexibility index (Phi) is 4.58. The van der Waals surface area contributed by atoms with E-state index in [1.54, 1.807) is 21.9 Å². The minimum atomic E-state index is -0.956. The van der Waals surface area contributed by atoms with Crippen LogP contribution in [0.25, 0.3) is 0 Å². The summed E-state index contributed by atoms with van der Waals surface area (Å²) in [5.41, 5.74) is 0.129. The Morgan fingerprint density at radius 2 is 1.67 bits per heavy atom. The predicted octanol–water partition coefficient (Wildman–Crippen LogP) is 3.66. The fourth-order valence-corrected chi connectivity index (χ4v) is 4.97. The lowest BCUT2D eigenvalue weighted by molar-refractivity contribution is -0.142. The second-order valence-corrected chi connectivity index (χ2v) is 8.23. The third-order valence-electron chi connectivity index (χ3n) is 6.47. The standard InChI is InChI=1S/C23H22F2N2O3/c24-17-12-16(13-18(25)14-17)19-6-7-20-27(19)22(29)23(30-20)8-10-26(11-9-23)21(28)15-4-2-1-3-5-15/h1-5,12-14,19-20H,6-11H2. The molecule has 3 aliphatic rings. The minimum Gasteiger partial charge on any atom is -0.342 e. The predicted molar refractivity (Wildman–Crippen MR) is 104 cm³/mol. The van der Waals surface area contributed by atoms with Gasteiger partial charge in [0.1, 0.15) is 17.9 Å². The fourth-order valence-electron chi connectivity index (χ4n) is 4.97. The number of hydrogen-bond acceptors (Lipinski definition) is 3. The zero-order valence-electron chi connectivity index (χ0n) is 16.4. The van der Waals surface area contributed by atoms with Gasteiger partial charge in [0.05, 0.1) is 6.04 Å². The second kappa shape index (κ2) is 7.16. The van der Waals surface area contributed by atoms with E-state index in [1.807, 2.05) is 18.2 Å². The summed E-state index contributed by atoms with van der Waals surface area (Å²) in [5.74, 6) is -1.48. The van der Waals surface area contributed by atoms with Gasteiger partial charge < -0.3 is 14.5 Å². The number of carbonyl (C=O) groups is 2. The summed E-state index contributed by atoms with van der Waals surface area (Å²) in [7, 11) is 0. The van der Waals surface area contributed by atoms with Crippen molar-refractivity contribution in [1.82, 2.24) is 9.80 Å². The first-order chi connectivity index (χ1) is 14.5. The van der Waals surface area contributed by atoms with Crippen molar-refractivity contribution in [1.29, 1.82) is 0 Å². The number of benzene rings is 2. The molecule has 0 radical (unpaired) electrons. The van der Waals surface area contributed by atoms with Gasteiger partial charge >= 0.3 is 0 Å². The first-order valence-corrected chi connectivity index (χ1v) is 10.3. The topological polar surface area (TPSA) is 49.9 Å². The first-order valence-electron chi connectivity index (χ1n) is 10.3. The van der Waals surface area contributed by atoms with Gasteiger partial charge in [-0.15, -0.1) is 0 Å². The van der Waals surface area contributed by atoms with E-state index in [0.717, 1.165) is 6.07 Å². The van der Waals surface area contributed by atoms with Gasteiger partial charge in [-0.05, 0) is 42.7 Å². The smallest absolute Gasteiger partial charge is 0.257 e. The maximum atomic E-state index is 13.7. The van der Waals surface area contributed by atoms with Gasteiger partial charge in [0.25, 0.3) is 11.8 Å². The van der Waals surface area contributed by atoms with Crippen LogP contribution in [0.3, 0.4) is 0 Å². The molecule has 0 aliphatic carbocycles. The lowest BCUT2D eigenvalue weighted by Gasteiger charge is -2.37. The van der Waals surface area contributed by atoms with Gasteiger partial charge in [0, 0.05) is 37.6 Å².